The van der Waals surface area contributed by atoms with E-state index in [0.29, 0.717) is 0 Å². The first-order valence-corrected chi connectivity index (χ1v) is 8.48. The molecule has 1 fully saturated rings. The monoisotopic (exact) mass is 323 g/mol. The number of carbonyl (C=O) groups is 1. The van der Waals surface area contributed by atoms with Crippen LogP contribution >= 0.6 is 0 Å². The van der Waals surface area contributed by atoms with Crippen LogP contribution in [0.15, 0.2) is 36.5 Å². The average molecular weight is 323 g/mol. The van der Waals surface area contributed by atoms with Gasteiger partial charge in [0.1, 0.15) is 5.82 Å². The van der Waals surface area contributed by atoms with Gasteiger partial charge >= 0.3 is 0 Å². The summed E-state index contributed by atoms with van der Waals surface area (Å²) in [4.78, 5) is 26.4. The van der Waals surface area contributed by atoms with Gasteiger partial charge in [0.15, 0.2) is 0 Å². The Hall–Kier alpha value is -2.63. The molecule has 0 aliphatic carbocycles. The minimum absolute atomic E-state index is 0.745. The van der Waals surface area contributed by atoms with E-state index in [1.165, 1.54) is 11.3 Å². The van der Waals surface area contributed by atoms with Crippen molar-refractivity contribution in [3.05, 3.63) is 42.1 Å². The highest BCUT2D eigenvalue weighted by atomic mass is 16.1. The summed E-state index contributed by atoms with van der Waals surface area (Å²) >= 11 is 0. The van der Waals surface area contributed by atoms with E-state index in [0.717, 1.165) is 63.7 Å². The number of benzene rings is 1. The largest absolute Gasteiger partial charge is 0.353 e. The van der Waals surface area contributed by atoms with Crippen molar-refractivity contribution >= 4 is 23.9 Å². The predicted octanol–water partition coefficient (Wildman–Crippen LogP) is 1.84. The number of piperazine rings is 1. The highest BCUT2D eigenvalue weighted by molar-refractivity contribution is 5.64. The maximum atomic E-state index is 10.9. The van der Waals surface area contributed by atoms with Crippen molar-refractivity contribution in [3.8, 4) is 0 Å². The Morgan fingerprint density at radius 2 is 1.83 bits per heavy atom. The summed E-state index contributed by atoms with van der Waals surface area (Å²) in [6.07, 6.45) is 4.98. The molecule has 0 spiro atoms. The fourth-order valence-corrected chi connectivity index (χ4v) is 3.44. The molecule has 2 aromatic rings. The molecular weight excluding hydrogens is 302 g/mol. The molecule has 0 unspecified atom stereocenters. The van der Waals surface area contributed by atoms with Gasteiger partial charge in [0.05, 0.1) is 0 Å². The second-order valence-corrected chi connectivity index (χ2v) is 6.23. The van der Waals surface area contributed by atoms with Crippen LogP contribution in [0.25, 0.3) is 0 Å². The zero-order chi connectivity index (χ0) is 16.4. The van der Waals surface area contributed by atoms with Crippen molar-refractivity contribution in [2.24, 2.45) is 0 Å². The number of rotatable bonds is 3. The molecule has 1 aromatic carbocycles. The van der Waals surface area contributed by atoms with Gasteiger partial charge in [-0.15, -0.1) is 0 Å². The molecule has 2 aliphatic heterocycles. The quantitative estimate of drug-likeness (QED) is 0.807. The molecule has 124 valence electrons. The highest BCUT2D eigenvalue weighted by Gasteiger charge is 2.22. The Bertz CT molecular complexity index is 727. The smallest absolute Gasteiger partial charge is 0.231 e. The molecule has 4 rings (SSSR count). The number of para-hydroxylation sites is 1. The van der Waals surface area contributed by atoms with E-state index in [2.05, 4.69) is 39.0 Å². The van der Waals surface area contributed by atoms with Gasteiger partial charge in [0, 0.05) is 44.6 Å². The van der Waals surface area contributed by atoms with Gasteiger partial charge < -0.3 is 14.7 Å². The van der Waals surface area contributed by atoms with Gasteiger partial charge in [-0.05, 0) is 30.5 Å². The third kappa shape index (κ3) is 2.79. The highest BCUT2D eigenvalue weighted by Crippen LogP contribution is 2.31. The van der Waals surface area contributed by atoms with Crippen LogP contribution < -0.4 is 9.80 Å². The van der Waals surface area contributed by atoms with E-state index in [-0.39, 0.29) is 0 Å². The minimum atomic E-state index is 0.745. The van der Waals surface area contributed by atoms with Crippen molar-refractivity contribution in [2.45, 2.75) is 12.8 Å². The van der Waals surface area contributed by atoms with E-state index in [1.54, 1.807) is 4.90 Å². The summed E-state index contributed by atoms with van der Waals surface area (Å²) in [5.74, 6) is 1.70. The molecule has 0 atom stereocenters. The van der Waals surface area contributed by atoms with E-state index >= 15 is 0 Å². The van der Waals surface area contributed by atoms with Gasteiger partial charge in [0.25, 0.3) is 0 Å². The topological polar surface area (TPSA) is 52.6 Å². The van der Waals surface area contributed by atoms with E-state index in [9.17, 15) is 4.79 Å². The lowest BCUT2D eigenvalue weighted by Gasteiger charge is -2.34. The molecule has 0 radical (unpaired) electrons. The fraction of sp³-hybridized carbons (Fsp3) is 0.389. The Morgan fingerprint density at radius 1 is 1.00 bits per heavy atom. The Kier molecular flexibility index (Phi) is 4.02. The van der Waals surface area contributed by atoms with Gasteiger partial charge in [0.2, 0.25) is 12.4 Å². The normalized spacial score (nSPS) is 17.6. The second-order valence-electron chi connectivity index (χ2n) is 6.23. The summed E-state index contributed by atoms with van der Waals surface area (Å²) in [5, 5.41) is 0. The van der Waals surface area contributed by atoms with Crippen molar-refractivity contribution in [3.63, 3.8) is 0 Å². The third-order valence-electron chi connectivity index (χ3n) is 4.77. The zero-order valence-electron chi connectivity index (χ0n) is 13.6. The maximum Gasteiger partial charge on any atom is 0.231 e. The fourth-order valence-electron chi connectivity index (χ4n) is 3.44. The van der Waals surface area contributed by atoms with Gasteiger partial charge in [-0.3, -0.25) is 4.79 Å². The zero-order valence-corrected chi connectivity index (χ0v) is 13.6. The summed E-state index contributed by atoms with van der Waals surface area (Å²) in [6.45, 7) is 4.06. The van der Waals surface area contributed by atoms with E-state index < -0.39 is 0 Å². The number of nitrogens with zero attached hydrogens (tertiary/aromatic N) is 5. The second kappa shape index (κ2) is 6.47. The third-order valence-corrected chi connectivity index (χ3v) is 4.77. The minimum Gasteiger partial charge on any atom is -0.353 e. The molecule has 1 amide bonds. The number of hydrogen-bond acceptors (Lipinski definition) is 5. The van der Waals surface area contributed by atoms with Crippen LogP contribution in [0.1, 0.15) is 12.0 Å². The Labute approximate surface area is 141 Å². The molecule has 6 heteroatoms. The van der Waals surface area contributed by atoms with Crippen molar-refractivity contribution < 1.29 is 4.79 Å². The first-order valence-electron chi connectivity index (χ1n) is 8.48. The summed E-state index contributed by atoms with van der Waals surface area (Å²) < 4.78 is 0. The number of carbonyl (C=O) groups excluding carboxylic acids is 1. The van der Waals surface area contributed by atoms with Crippen LogP contribution in [0, 0.1) is 0 Å². The predicted molar refractivity (Wildman–Crippen MR) is 93.7 cm³/mol. The van der Waals surface area contributed by atoms with Gasteiger partial charge in [-0.25, -0.2) is 4.98 Å². The summed E-state index contributed by atoms with van der Waals surface area (Å²) in [7, 11) is 0. The van der Waals surface area contributed by atoms with Crippen LogP contribution in [0.3, 0.4) is 0 Å². The summed E-state index contributed by atoms with van der Waals surface area (Å²) in [6, 6.07) is 10.4. The first kappa shape index (κ1) is 14.9. The number of fused-ring (bicyclic) bond motifs is 1. The summed E-state index contributed by atoms with van der Waals surface area (Å²) in [5.41, 5.74) is 2.57. The molecule has 6 nitrogen and oxygen atoms in total. The van der Waals surface area contributed by atoms with E-state index in [1.807, 2.05) is 12.3 Å². The molecule has 0 bridgehead atoms. The number of aryl methyl sites for hydroxylation is 1. The van der Waals surface area contributed by atoms with Crippen LogP contribution in [0.5, 0.6) is 0 Å². The van der Waals surface area contributed by atoms with Crippen molar-refractivity contribution in [1.29, 1.82) is 0 Å². The van der Waals surface area contributed by atoms with Crippen molar-refractivity contribution in [1.82, 2.24) is 14.9 Å². The van der Waals surface area contributed by atoms with Crippen LogP contribution in [0.2, 0.25) is 0 Å². The molecule has 1 aromatic heterocycles. The maximum absolute atomic E-state index is 10.9. The number of hydrogen-bond donors (Lipinski definition) is 0. The molecule has 0 N–H and O–H groups in total. The average Bonchev–Trinajstić information content (AvgIpc) is 2.68. The number of anilines is 3. The number of amides is 1. The lowest BCUT2D eigenvalue weighted by molar-refractivity contribution is -0.118. The molecule has 1 saturated heterocycles. The first-order chi connectivity index (χ1) is 11.8. The standard InChI is InChI=1S/C18H21N5O/c24-14-21-10-12-22(13-11-21)17-7-8-19-18(20-17)23-9-3-5-15-4-1-2-6-16(15)23/h1-2,4,6-8,14H,3,5,9-13H2. The molecule has 24 heavy (non-hydrogen) atoms. The molecule has 0 saturated carbocycles. The Balaban J connectivity index is 1.59. The van der Waals surface area contributed by atoms with Crippen LogP contribution in [-0.2, 0) is 11.2 Å². The lowest BCUT2D eigenvalue weighted by atomic mass is 10.0. The van der Waals surface area contributed by atoms with Gasteiger partial charge in [-0.2, -0.15) is 4.98 Å². The SMILES string of the molecule is O=CN1CCN(c2ccnc(N3CCCc4ccccc43)n2)CC1. The molecule has 2 aliphatic rings. The lowest BCUT2D eigenvalue weighted by Crippen LogP contribution is -2.46. The van der Waals surface area contributed by atoms with E-state index in [4.69, 9.17) is 4.98 Å². The number of aromatic nitrogens is 2. The van der Waals surface area contributed by atoms with Gasteiger partial charge in [-0.1, -0.05) is 18.2 Å². The van der Waals surface area contributed by atoms with Crippen LogP contribution in [-0.4, -0.2) is 54.0 Å². The molecular formula is C18H21N5O. The van der Waals surface area contributed by atoms with Crippen molar-refractivity contribution in [2.75, 3.05) is 42.5 Å². The Morgan fingerprint density at radius 3 is 2.67 bits per heavy atom. The van der Waals surface area contributed by atoms with Crippen LogP contribution in [0.4, 0.5) is 17.5 Å². The molecule has 3 heterocycles.